The lowest BCUT2D eigenvalue weighted by atomic mass is 10.2. The summed E-state index contributed by atoms with van der Waals surface area (Å²) in [5.74, 6) is -3.87. The molecule has 0 radical (unpaired) electrons. The summed E-state index contributed by atoms with van der Waals surface area (Å²) in [7, 11) is 0. The first kappa shape index (κ1) is 14.5. The van der Waals surface area contributed by atoms with Gasteiger partial charge in [0.25, 0.3) is 0 Å². The van der Waals surface area contributed by atoms with E-state index in [1.165, 1.54) is 4.68 Å². The molecular weight excluding hydrogens is 267 g/mol. The molecule has 0 aliphatic heterocycles. The van der Waals surface area contributed by atoms with Crippen LogP contribution >= 0.6 is 12.4 Å². The van der Waals surface area contributed by atoms with Crippen molar-refractivity contribution in [3.05, 3.63) is 53.1 Å². The van der Waals surface area contributed by atoms with Gasteiger partial charge in [0.2, 0.25) is 0 Å². The summed E-state index contributed by atoms with van der Waals surface area (Å²) in [5.41, 5.74) is 6.51. The normalized spacial score (nSPS) is 10.2. The van der Waals surface area contributed by atoms with E-state index in [0.29, 0.717) is 12.1 Å². The molecule has 1 heterocycles. The number of nitrogens with two attached hydrogens (primary N) is 1. The Hall–Kier alpha value is -1.53. The molecule has 7 heteroatoms. The van der Waals surface area contributed by atoms with Crippen LogP contribution in [0, 0.1) is 17.5 Å². The smallest absolute Gasteiger partial charge is 0.194 e. The molecule has 98 valence electrons. The maximum Gasteiger partial charge on any atom is 0.194 e. The van der Waals surface area contributed by atoms with Gasteiger partial charge in [0.1, 0.15) is 0 Å². The molecule has 0 fully saturated rings. The van der Waals surface area contributed by atoms with Gasteiger partial charge in [0, 0.05) is 18.3 Å². The van der Waals surface area contributed by atoms with Crippen LogP contribution in [0.25, 0.3) is 0 Å². The van der Waals surface area contributed by atoms with Crippen molar-refractivity contribution < 1.29 is 13.2 Å². The number of benzene rings is 1. The topological polar surface area (TPSA) is 43.8 Å². The summed E-state index contributed by atoms with van der Waals surface area (Å²) < 4.78 is 40.1. The molecule has 0 aliphatic carbocycles. The van der Waals surface area contributed by atoms with E-state index in [2.05, 4.69) is 5.10 Å². The summed E-state index contributed by atoms with van der Waals surface area (Å²) >= 11 is 0. The second-order valence-corrected chi connectivity index (χ2v) is 3.62. The van der Waals surface area contributed by atoms with Crippen LogP contribution in [-0.4, -0.2) is 9.78 Å². The molecule has 2 aromatic rings. The molecule has 1 aromatic carbocycles. The highest BCUT2D eigenvalue weighted by molar-refractivity contribution is 5.85. The van der Waals surface area contributed by atoms with Crippen LogP contribution in [0.2, 0.25) is 0 Å². The Morgan fingerprint density at radius 1 is 1.11 bits per heavy atom. The molecule has 0 atom stereocenters. The lowest BCUT2D eigenvalue weighted by Crippen LogP contribution is -2.03. The lowest BCUT2D eigenvalue weighted by molar-refractivity contribution is 0.444. The first-order valence-corrected chi connectivity index (χ1v) is 4.95. The molecule has 0 amide bonds. The van der Waals surface area contributed by atoms with Gasteiger partial charge in [-0.25, -0.2) is 13.2 Å². The van der Waals surface area contributed by atoms with Gasteiger partial charge in [0.05, 0.1) is 12.7 Å². The molecule has 3 nitrogen and oxygen atoms in total. The van der Waals surface area contributed by atoms with Crippen LogP contribution in [0.4, 0.5) is 13.2 Å². The number of hydrogen-bond acceptors (Lipinski definition) is 2. The molecule has 0 unspecified atom stereocenters. The second kappa shape index (κ2) is 5.88. The fraction of sp³-hybridized carbons (Fsp3) is 0.182. The summed E-state index contributed by atoms with van der Waals surface area (Å²) in [6.45, 7) is 0.500. The molecule has 1 aromatic heterocycles. The van der Waals surface area contributed by atoms with E-state index in [-0.39, 0.29) is 19.0 Å². The fourth-order valence-corrected chi connectivity index (χ4v) is 1.48. The first-order valence-electron chi connectivity index (χ1n) is 4.95. The van der Waals surface area contributed by atoms with E-state index >= 15 is 0 Å². The maximum absolute atomic E-state index is 12.9. The van der Waals surface area contributed by atoms with Gasteiger partial charge in [-0.05, 0) is 17.7 Å². The summed E-state index contributed by atoms with van der Waals surface area (Å²) in [6, 6.07) is 1.89. The molecule has 0 aliphatic rings. The van der Waals surface area contributed by atoms with Gasteiger partial charge in [0.15, 0.2) is 17.5 Å². The van der Waals surface area contributed by atoms with E-state index in [9.17, 15) is 13.2 Å². The first-order chi connectivity index (χ1) is 8.10. The number of rotatable bonds is 3. The SMILES string of the molecule is Cl.NCc1cnn(Cc2cc(F)c(F)c(F)c2)c1. The summed E-state index contributed by atoms with van der Waals surface area (Å²) in [6.07, 6.45) is 3.23. The highest BCUT2D eigenvalue weighted by Crippen LogP contribution is 2.14. The maximum atomic E-state index is 12.9. The van der Waals surface area contributed by atoms with Crippen molar-refractivity contribution in [2.24, 2.45) is 5.73 Å². The Morgan fingerprint density at radius 3 is 2.22 bits per heavy atom. The monoisotopic (exact) mass is 277 g/mol. The van der Waals surface area contributed by atoms with Crippen molar-refractivity contribution in [2.45, 2.75) is 13.1 Å². The van der Waals surface area contributed by atoms with E-state index in [1.54, 1.807) is 12.4 Å². The van der Waals surface area contributed by atoms with Gasteiger partial charge in [-0.15, -0.1) is 12.4 Å². The summed E-state index contributed by atoms with van der Waals surface area (Å²) in [4.78, 5) is 0. The van der Waals surface area contributed by atoms with E-state index in [1.807, 2.05) is 0 Å². The van der Waals surface area contributed by atoms with Crippen LogP contribution in [-0.2, 0) is 13.1 Å². The van der Waals surface area contributed by atoms with Gasteiger partial charge < -0.3 is 5.73 Å². The number of aromatic nitrogens is 2. The van der Waals surface area contributed by atoms with Gasteiger partial charge in [-0.3, -0.25) is 4.68 Å². The van der Waals surface area contributed by atoms with Crippen LogP contribution in [0.5, 0.6) is 0 Å². The zero-order valence-electron chi connectivity index (χ0n) is 9.24. The predicted octanol–water partition coefficient (Wildman–Crippen LogP) is 2.23. The lowest BCUT2D eigenvalue weighted by Gasteiger charge is -2.03. The minimum atomic E-state index is -1.46. The van der Waals surface area contributed by atoms with Crippen LogP contribution in [0.3, 0.4) is 0 Å². The van der Waals surface area contributed by atoms with Crippen molar-refractivity contribution in [3.63, 3.8) is 0 Å². The van der Waals surface area contributed by atoms with Crippen molar-refractivity contribution in [2.75, 3.05) is 0 Å². The summed E-state index contributed by atoms with van der Waals surface area (Å²) in [5, 5.41) is 3.96. The van der Waals surface area contributed by atoms with Crippen molar-refractivity contribution in [1.82, 2.24) is 9.78 Å². The Bertz CT molecular complexity index is 519. The van der Waals surface area contributed by atoms with Gasteiger partial charge >= 0.3 is 0 Å². The molecule has 0 bridgehead atoms. The highest BCUT2D eigenvalue weighted by atomic mass is 35.5. The Morgan fingerprint density at radius 2 is 1.72 bits per heavy atom. The number of nitrogens with zero attached hydrogens (tertiary/aromatic N) is 2. The van der Waals surface area contributed by atoms with Gasteiger partial charge in [-0.1, -0.05) is 0 Å². The highest BCUT2D eigenvalue weighted by Gasteiger charge is 2.10. The molecule has 0 spiro atoms. The van der Waals surface area contributed by atoms with E-state index < -0.39 is 17.5 Å². The average Bonchev–Trinajstić information content (AvgIpc) is 2.73. The van der Waals surface area contributed by atoms with Crippen LogP contribution in [0.1, 0.15) is 11.1 Å². The Labute approximate surface area is 108 Å². The van der Waals surface area contributed by atoms with Crippen molar-refractivity contribution >= 4 is 12.4 Å². The Balaban J connectivity index is 0.00000162. The van der Waals surface area contributed by atoms with Gasteiger partial charge in [-0.2, -0.15) is 5.10 Å². The molecule has 2 N–H and O–H groups in total. The van der Waals surface area contributed by atoms with Crippen LogP contribution in [0.15, 0.2) is 24.5 Å². The fourth-order valence-electron chi connectivity index (χ4n) is 1.48. The minimum absolute atomic E-state index is 0. The average molecular weight is 278 g/mol. The zero-order chi connectivity index (χ0) is 12.4. The zero-order valence-corrected chi connectivity index (χ0v) is 10.1. The van der Waals surface area contributed by atoms with Crippen molar-refractivity contribution in [1.29, 1.82) is 0 Å². The molecule has 2 rings (SSSR count). The third kappa shape index (κ3) is 3.02. The standard InChI is InChI=1S/C11H10F3N3.ClH/c12-9-1-7(2-10(13)11(9)14)5-17-6-8(3-15)4-16-17;/h1-2,4,6H,3,5,15H2;1H. The van der Waals surface area contributed by atoms with Crippen LogP contribution < -0.4 is 5.73 Å². The third-order valence-electron chi connectivity index (χ3n) is 2.31. The van der Waals surface area contributed by atoms with Crippen molar-refractivity contribution in [3.8, 4) is 0 Å². The van der Waals surface area contributed by atoms with E-state index in [0.717, 1.165) is 17.7 Å². The van der Waals surface area contributed by atoms with E-state index in [4.69, 9.17) is 5.73 Å². The molecular formula is C11H11ClF3N3. The second-order valence-electron chi connectivity index (χ2n) is 3.62. The largest absolute Gasteiger partial charge is 0.326 e. The predicted molar refractivity (Wildman–Crippen MR) is 62.8 cm³/mol. The minimum Gasteiger partial charge on any atom is -0.326 e. The molecule has 0 saturated carbocycles. The quantitative estimate of drug-likeness (QED) is 0.875. The number of hydrogen-bond donors (Lipinski definition) is 1. The Kier molecular flexibility index (Phi) is 4.75. The molecule has 18 heavy (non-hydrogen) atoms. The third-order valence-corrected chi connectivity index (χ3v) is 2.31. The number of halogens is 4. The molecule has 0 saturated heterocycles.